The molecule has 1 aromatic carbocycles. The van der Waals surface area contributed by atoms with E-state index in [2.05, 4.69) is 0 Å². The highest BCUT2D eigenvalue weighted by molar-refractivity contribution is 6.14. The van der Waals surface area contributed by atoms with Gasteiger partial charge in [-0.2, -0.15) is 0 Å². The van der Waals surface area contributed by atoms with Gasteiger partial charge in [-0.15, -0.1) is 0 Å². The first-order chi connectivity index (χ1) is 9.08. The zero-order chi connectivity index (χ0) is 14.3. The molecular weight excluding hydrogens is 248 g/mol. The molecule has 1 N–H and O–H groups in total. The molecule has 1 aliphatic rings. The van der Waals surface area contributed by atoms with E-state index in [0.717, 1.165) is 0 Å². The van der Waals surface area contributed by atoms with Crippen LogP contribution in [0.1, 0.15) is 0 Å². The molecule has 100 valence electrons. The van der Waals surface area contributed by atoms with Crippen molar-refractivity contribution in [3.05, 3.63) is 42.5 Å². The summed E-state index contributed by atoms with van der Waals surface area (Å²) in [5.74, 6) is 0.639. The zero-order valence-corrected chi connectivity index (χ0v) is 10.6. The Morgan fingerprint density at radius 2 is 1.21 bits per heavy atom. The summed E-state index contributed by atoms with van der Waals surface area (Å²) in [7, 11) is 2.99. The Balaban J connectivity index is 0.000000200. The molecule has 0 bridgehead atoms. The van der Waals surface area contributed by atoms with Gasteiger partial charge in [0.25, 0.3) is 0 Å². The third kappa shape index (κ3) is 4.31. The number of benzene rings is 1. The molecule has 0 radical (unpaired) electrons. The first kappa shape index (κ1) is 14.5. The quantitative estimate of drug-likeness (QED) is 0.820. The molecule has 0 saturated carbocycles. The molecule has 5 heteroatoms. The van der Waals surface area contributed by atoms with Crippen molar-refractivity contribution in [3.8, 4) is 17.2 Å². The van der Waals surface area contributed by atoms with Gasteiger partial charge in [0.2, 0.25) is 5.75 Å². The number of hydrogen-bond acceptors (Lipinski definition) is 5. The number of hydrogen-bond donors (Lipinski definition) is 1. The Morgan fingerprint density at radius 1 is 0.842 bits per heavy atom. The number of aromatic hydroxyl groups is 1. The fraction of sp³-hybridized carbons (Fsp3) is 0.143. The number of methoxy groups -OCH3 is 2. The van der Waals surface area contributed by atoms with E-state index in [1.54, 1.807) is 18.2 Å². The number of phenols is 1. The maximum Gasteiger partial charge on any atom is 0.200 e. The number of ether oxygens (including phenoxy) is 2. The van der Waals surface area contributed by atoms with Crippen LogP contribution in [0.15, 0.2) is 42.5 Å². The molecule has 19 heavy (non-hydrogen) atoms. The lowest BCUT2D eigenvalue weighted by molar-refractivity contribution is -0.113. The molecule has 0 spiro atoms. The highest BCUT2D eigenvalue weighted by Gasteiger charge is 2.05. The molecule has 0 aliphatic heterocycles. The van der Waals surface area contributed by atoms with Crippen LogP contribution in [0.2, 0.25) is 0 Å². The second kappa shape index (κ2) is 7.00. The van der Waals surface area contributed by atoms with Crippen molar-refractivity contribution in [3.63, 3.8) is 0 Å². The monoisotopic (exact) mass is 262 g/mol. The predicted molar refractivity (Wildman–Crippen MR) is 69.5 cm³/mol. The van der Waals surface area contributed by atoms with Crippen LogP contribution in [0.25, 0.3) is 0 Å². The minimum Gasteiger partial charge on any atom is -0.502 e. The van der Waals surface area contributed by atoms with E-state index in [9.17, 15) is 14.7 Å². The van der Waals surface area contributed by atoms with Gasteiger partial charge >= 0.3 is 0 Å². The summed E-state index contributed by atoms with van der Waals surface area (Å²) in [4.78, 5) is 20.6. The molecular formula is C14H14O5. The topological polar surface area (TPSA) is 72.8 Å². The fourth-order valence-corrected chi connectivity index (χ4v) is 1.27. The molecule has 0 fully saturated rings. The first-order valence-corrected chi connectivity index (χ1v) is 5.42. The lowest BCUT2D eigenvalue weighted by Gasteiger charge is -2.06. The van der Waals surface area contributed by atoms with E-state index < -0.39 is 0 Å². The van der Waals surface area contributed by atoms with E-state index in [0.29, 0.717) is 11.5 Å². The van der Waals surface area contributed by atoms with E-state index in [1.165, 1.54) is 38.5 Å². The number of ketones is 2. The lowest BCUT2D eigenvalue weighted by Crippen LogP contribution is -1.97. The van der Waals surface area contributed by atoms with Gasteiger partial charge in [-0.25, -0.2) is 0 Å². The van der Waals surface area contributed by atoms with Gasteiger partial charge in [0, 0.05) is 0 Å². The SMILES string of the molecule is COc1cccc(OC)c1O.O=C1C=CC(=O)C=C1. The van der Waals surface area contributed by atoms with Crippen molar-refractivity contribution in [2.75, 3.05) is 14.2 Å². The maximum atomic E-state index is 10.3. The number of carbonyl (C=O) groups is 2. The van der Waals surface area contributed by atoms with Gasteiger partial charge in [-0.3, -0.25) is 9.59 Å². The van der Waals surface area contributed by atoms with Gasteiger partial charge in [0.15, 0.2) is 23.1 Å². The summed E-state index contributed by atoms with van der Waals surface area (Å²) in [5, 5.41) is 9.34. The van der Waals surface area contributed by atoms with Crippen LogP contribution >= 0.6 is 0 Å². The normalized spacial score (nSPS) is 12.7. The number of rotatable bonds is 2. The van der Waals surface area contributed by atoms with E-state index >= 15 is 0 Å². The molecule has 0 saturated heterocycles. The fourth-order valence-electron chi connectivity index (χ4n) is 1.27. The molecule has 5 nitrogen and oxygen atoms in total. The molecule has 1 aliphatic carbocycles. The Hall–Kier alpha value is -2.56. The lowest BCUT2D eigenvalue weighted by atomic mass is 10.2. The Bertz CT molecular complexity index is 468. The average Bonchev–Trinajstić information content (AvgIpc) is 2.43. The van der Waals surface area contributed by atoms with Crippen molar-refractivity contribution in [2.45, 2.75) is 0 Å². The van der Waals surface area contributed by atoms with Gasteiger partial charge in [0.05, 0.1) is 14.2 Å². The van der Waals surface area contributed by atoms with Crippen molar-refractivity contribution < 1.29 is 24.2 Å². The highest BCUT2D eigenvalue weighted by Crippen LogP contribution is 2.34. The molecule has 0 unspecified atom stereocenters. The van der Waals surface area contributed by atoms with Crippen LogP contribution < -0.4 is 9.47 Å². The largest absolute Gasteiger partial charge is 0.502 e. The van der Waals surface area contributed by atoms with Crippen molar-refractivity contribution in [2.24, 2.45) is 0 Å². The van der Waals surface area contributed by atoms with Crippen LogP contribution in [0.5, 0.6) is 17.2 Å². The van der Waals surface area contributed by atoms with Crippen LogP contribution in [-0.4, -0.2) is 30.9 Å². The summed E-state index contributed by atoms with van der Waals surface area (Å²) < 4.78 is 9.71. The van der Waals surface area contributed by atoms with Crippen LogP contribution in [0, 0.1) is 0 Å². The van der Waals surface area contributed by atoms with Gasteiger partial charge in [-0.1, -0.05) is 6.07 Å². The number of phenolic OH excluding ortho intramolecular Hbond substituents is 1. The third-order valence-electron chi connectivity index (χ3n) is 2.23. The standard InChI is InChI=1S/C8H10O3.C6H4O2/c1-10-6-4-3-5-7(11-2)8(6)9;7-5-1-2-6(8)4-3-5/h3-5,9H,1-2H3;1-4H. The van der Waals surface area contributed by atoms with Crippen molar-refractivity contribution in [1.82, 2.24) is 0 Å². The van der Waals surface area contributed by atoms with Gasteiger partial charge < -0.3 is 14.6 Å². The Kier molecular flexibility index (Phi) is 5.35. The summed E-state index contributed by atoms with van der Waals surface area (Å²) in [6.07, 6.45) is 5.01. The Labute approximate surface area is 110 Å². The third-order valence-corrected chi connectivity index (χ3v) is 2.23. The van der Waals surface area contributed by atoms with Crippen LogP contribution in [0.3, 0.4) is 0 Å². The number of carbonyl (C=O) groups excluding carboxylic acids is 2. The molecule has 1 aromatic rings. The number of para-hydroxylation sites is 1. The predicted octanol–water partition coefficient (Wildman–Crippen LogP) is 1.66. The van der Waals surface area contributed by atoms with Crippen LogP contribution in [0.4, 0.5) is 0 Å². The summed E-state index contributed by atoms with van der Waals surface area (Å²) in [6, 6.07) is 5.08. The smallest absolute Gasteiger partial charge is 0.200 e. The van der Waals surface area contributed by atoms with Crippen molar-refractivity contribution in [1.29, 1.82) is 0 Å². The summed E-state index contributed by atoms with van der Waals surface area (Å²) in [6.45, 7) is 0. The van der Waals surface area contributed by atoms with Crippen LogP contribution in [-0.2, 0) is 9.59 Å². The zero-order valence-electron chi connectivity index (χ0n) is 10.6. The van der Waals surface area contributed by atoms with E-state index in [1.807, 2.05) is 0 Å². The summed E-state index contributed by atoms with van der Waals surface area (Å²) in [5.41, 5.74) is 0. The molecule has 0 amide bonds. The second-order valence-electron chi connectivity index (χ2n) is 3.48. The molecule has 0 aromatic heterocycles. The van der Waals surface area contributed by atoms with E-state index in [4.69, 9.17) is 9.47 Å². The highest BCUT2D eigenvalue weighted by atomic mass is 16.5. The molecule has 0 atom stereocenters. The minimum atomic E-state index is -0.121. The summed E-state index contributed by atoms with van der Waals surface area (Å²) >= 11 is 0. The number of allylic oxidation sites excluding steroid dienone is 4. The van der Waals surface area contributed by atoms with E-state index in [-0.39, 0.29) is 17.3 Å². The average molecular weight is 262 g/mol. The molecule has 2 rings (SSSR count). The van der Waals surface area contributed by atoms with Gasteiger partial charge in [-0.05, 0) is 36.4 Å². The first-order valence-electron chi connectivity index (χ1n) is 5.42. The van der Waals surface area contributed by atoms with Crippen molar-refractivity contribution >= 4 is 11.6 Å². The Morgan fingerprint density at radius 3 is 1.53 bits per heavy atom. The van der Waals surface area contributed by atoms with Gasteiger partial charge in [0.1, 0.15) is 0 Å². The minimum absolute atomic E-state index is 0.0394. The molecule has 0 heterocycles. The maximum absolute atomic E-state index is 10.3. The second-order valence-corrected chi connectivity index (χ2v) is 3.48.